The lowest BCUT2D eigenvalue weighted by Gasteiger charge is -2.47. The van der Waals surface area contributed by atoms with Crippen LogP contribution in [0.1, 0.15) is 79.2 Å². The Morgan fingerprint density at radius 1 is 1.07 bits per heavy atom. The minimum absolute atomic E-state index is 0.00610. The van der Waals surface area contributed by atoms with Crippen molar-refractivity contribution in [1.29, 1.82) is 0 Å². The zero-order chi connectivity index (χ0) is 40.6. The smallest absolute Gasteiger partial charge is 0.274 e. The lowest BCUT2D eigenvalue weighted by Crippen LogP contribution is -2.58. The standard InChI is InChI=1S/C44H59N7O7/c1-31(2)51(21-17-45-27-39(53)35-8-10-38(52)42-36(35)9-11-40(54)46-42)41(55)14-24-57-23-13-32-4-3-5-34(26-32)28-48-19-15-44(16-20-48)30-49(22-25-58-44)43(56)37-12-18-50(47-37)29-33-6-7-33/h3-5,8-12,18,26,31,33,39,45,52-53H,6-7,13-17,19-25,27-30H2,1-2H3,(H,46,54)/t39-/m0/s1. The van der Waals surface area contributed by atoms with Gasteiger partial charge in [-0.2, -0.15) is 5.10 Å². The SMILES string of the molecule is CC(C)N(CCNC[C@H](O)c1ccc(O)c2[nH]c(=O)ccc12)C(=O)CCOCCc1cccc(CN2CCC3(CC2)CN(C(=O)c2ccn(CC4CC4)n2)CCO3)c1. The highest BCUT2D eigenvalue weighted by Gasteiger charge is 2.41. The Kier molecular flexibility index (Phi) is 13.6. The lowest BCUT2D eigenvalue weighted by molar-refractivity contribution is -0.134. The molecule has 0 radical (unpaired) electrons. The Hall–Kier alpha value is -4.60. The molecule has 4 N–H and O–H groups in total. The van der Waals surface area contributed by atoms with Gasteiger partial charge in [-0.05, 0) is 86.8 Å². The van der Waals surface area contributed by atoms with Crippen LogP contribution in [0.3, 0.4) is 0 Å². The van der Waals surface area contributed by atoms with Crippen LogP contribution in [-0.4, -0.2) is 129 Å². The molecule has 14 heteroatoms. The number of aliphatic hydroxyl groups excluding tert-OH is 1. The van der Waals surface area contributed by atoms with Crippen molar-refractivity contribution in [3.8, 4) is 5.75 Å². The van der Waals surface area contributed by atoms with Crippen LogP contribution < -0.4 is 10.9 Å². The fourth-order valence-electron chi connectivity index (χ4n) is 8.25. The van der Waals surface area contributed by atoms with Crippen molar-refractivity contribution in [1.82, 2.24) is 34.8 Å². The first kappa shape index (κ1) is 41.6. The van der Waals surface area contributed by atoms with Gasteiger partial charge in [-0.3, -0.25) is 24.0 Å². The van der Waals surface area contributed by atoms with Gasteiger partial charge in [-0.15, -0.1) is 0 Å². The average molecular weight is 798 g/mol. The number of phenolic OH excluding ortho intramolecular Hbond substituents is 1. The molecule has 2 aromatic carbocycles. The summed E-state index contributed by atoms with van der Waals surface area (Å²) in [5.74, 6) is 0.682. The van der Waals surface area contributed by atoms with E-state index in [0.717, 1.165) is 45.4 Å². The minimum atomic E-state index is -0.870. The van der Waals surface area contributed by atoms with E-state index in [-0.39, 0.29) is 47.7 Å². The van der Waals surface area contributed by atoms with Crippen LogP contribution in [-0.2, 0) is 33.8 Å². The van der Waals surface area contributed by atoms with Crippen molar-refractivity contribution in [2.75, 3.05) is 65.6 Å². The fourth-order valence-corrected chi connectivity index (χ4v) is 8.25. The number of aliphatic hydroxyl groups is 1. The van der Waals surface area contributed by atoms with Crippen LogP contribution in [0.4, 0.5) is 0 Å². The molecule has 0 bridgehead atoms. The number of hydrogen-bond acceptors (Lipinski definition) is 10. The Balaban J connectivity index is 0.790. The Bertz CT molecular complexity index is 2070. The average Bonchev–Trinajstić information content (AvgIpc) is 3.91. The molecule has 1 aliphatic carbocycles. The third kappa shape index (κ3) is 10.7. The highest BCUT2D eigenvalue weighted by atomic mass is 16.5. The van der Waals surface area contributed by atoms with E-state index in [0.29, 0.717) is 74.1 Å². The number of amides is 2. The topological polar surface area (TPSA) is 165 Å². The first-order valence-electron chi connectivity index (χ1n) is 20.9. The molecule has 14 nitrogen and oxygen atoms in total. The summed E-state index contributed by atoms with van der Waals surface area (Å²) in [5, 5.41) is 29.4. The molecule has 4 heterocycles. The lowest BCUT2D eigenvalue weighted by atomic mass is 9.89. The highest BCUT2D eigenvalue weighted by molar-refractivity contribution is 5.92. The van der Waals surface area contributed by atoms with E-state index in [2.05, 4.69) is 44.6 Å². The summed E-state index contributed by atoms with van der Waals surface area (Å²) >= 11 is 0. The number of pyridine rings is 1. The number of nitrogens with zero attached hydrogens (tertiary/aromatic N) is 5. The molecule has 7 rings (SSSR count). The number of morpholine rings is 1. The van der Waals surface area contributed by atoms with Crippen molar-refractivity contribution < 1.29 is 29.3 Å². The van der Waals surface area contributed by atoms with Crippen molar-refractivity contribution >= 4 is 22.7 Å². The molecule has 3 aliphatic rings. The number of fused-ring (bicyclic) bond motifs is 1. The summed E-state index contributed by atoms with van der Waals surface area (Å²) in [4.78, 5) is 47.0. The number of nitrogens with one attached hydrogen (secondary N) is 2. The van der Waals surface area contributed by atoms with Gasteiger partial charge in [0.25, 0.3) is 5.91 Å². The second-order valence-electron chi connectivity index (χ2n) is 16.5. The molecule has 2 amide bonds. The summed E-state index contributed by atoms with van der Waals surface area (Å²) in [7, 11) is 0. The summed E-state index contributed by atoms with van der Waals surface area (Å²) in [5.41, 5.74) is 3.25. The minimum Gasteiger partial charge on any atom is -0.506 e. The molecular formula is C44H59N7O7. The van der Waals surface area contributed by atoms with E-state index in [1.54, 1.807) is 12.1 Å². The molecule has 312 valence electrons. The first-order chi connectivity index (χ1) is 28.1. The number of hydrogen-bond donors (Lipinski definition) is 4. The van der Waals surface area contributed by atoms with E-state index in [1.807, 2.05) is 40.6 Å². The van der Waals surface area contributed by atoms with Crippen LogP contribution in [0.2, 0.25) is 0 Å². The van der Waals surface area contributed by atoms with E-state index in [9.17, 15) is 24.6 Å². The van der Waals surface area contributed by atoms with Gasteiger partial charge in [0.1, 0.15) is 11.4 Å². The number of phenols is 1. The Labute approximate surface area is 340 Å². The second-order valence-corrected chi connectivity index (χ2v) is 16.5. The summed E-state index contributed by atoms with van der Waals surface area (Å²) < 4.78 is 14.2. The number of H-pyrrole nitrogens is 1. The third-order valence-electron chi connectivity index (χ3n) is 11.8. The maximum atomic E-state index is 13.3. The van der Waals surface area contributed by atoms with E-state index in [4.69, 9.17) is 9.47 Å². The number of ether oxygens (including phenoxy) is 2. The summed E-state index contributed by atoms with van der Waals surface area (Å²) in [6.45, 7) is 11.4. The quantitative estimate of drug-likeness (QED) is 0.109. The number of carbonyl (C=O) groups excluding carboxylic acids is 2. The number of piperidine rings is 1. The number of benzene rings is 2. The molecule has 1 spiro atoms. The zero-order valence-electron chi connectivity index (χ0n) is 33.9. The maximum Gasteiger partial charge on any atom is 0.274 e. The van der Waals surface area contributed by atoms with Gasteiger partial charge in [0.2, 0.25) is 11.5 Å². The number of likely N-dealkylation sites (tertiary alicyclic amines) is 1. The van der Waals surface area contributed by atoms with Gasteiger partial charge < -0.3 is 39.8 Å². The number of rotatable bonds is 18. The Morgan fingerprint density at radius 2 is 1.88 bits per heavy atom. The maximum absolute atomic E-state index is 13.3. The highest BCUT2D eigenvalue weighted by Crippen LogP contribution is 2.33. The molecule has 1 atom stereocenters. The van der Waals surface area contributed by atoms with Gasteiger partial charge in [0.15, 0.2) is 0 Å². The number of carbonyl (C=O) groups is 2. The predicted octanol–water partition coefficient (Wildman–Crippen LogP) is 3.86. The van der Waals surface area contributed by atoms with Crippen LogP contribution in [0.15, 0.2) is 65.6 Å². The summed E-state index contributed by atoms with van der Waals surface area (Å²) in [6.07, 6.45) is 6.39. The largest absolute Gasteiger partial charge is 0.506 e. The van der Waals surface area contributed by atoms with Crippen molar-refractivity contribution in [2.24, 2.45) is 5.92 Å². The van der Waals surface area contributed by atoms with Crippen LogP contribution in [0.25, 0.3) is 10.9 Å². The van der Waals surface area contributed by atoms with E-state index >= 15 is 0 Å². The normalized spacial score (nSPS) is 17.6. The first-order valence-corrected chi connectivity index (χ1v) is 20.9. The van der Waals surface area contributed by atoms with Gasteiger partial charge >= 0.3 is 0 Å². The van der Waals surface area contributed by atoms with E-state index < -0.39 is 6.10 Å². The molecule has 1 saturated carbocycles. The summed E-state index contributed by atoms with van der Waals surface area (Å²) in [6, 6.07) is 16.6. The Morgan fingerprint density at radius 3 is 2.67 bits per heavy atom. The molecule has 4 aromatic rings. The van der Waals surface area contributed by atoms with Gasteiger partial charge in [-0.1, -0.05) is 30.3 Å². The second kappa shape index (κ2) is 19.0. The molecule has 2 aliphatic heterocycles. The number of aromatic amines is 1. The van der Waals surface area contributed by atoms with Crippen LogP contribution in [0, 0.1) is 5.92 Å². The van der Waals surface area contributed by atoms with Gasteiger partial charge in [0, 0.05) is 76.0 Å². The molecule has 0 unspecified atom stereocenters. The molecule has 3 fully saturated rings. The molecule has 2 aromatic heterocycles. The molecular weight excluding hydrogens is 739 g/mol. The molecule has 2 saturated heterocycles. The van der Waals surface area contributed by atoms with Gasteiger partial charge in [-0.25, -0.2) is 0 Å². The van der Waals surface area contributed by atoms with Gasteiger partial charge in [0.05, 0.1) is 50.0 Å². The van der Waals surface area contributed by atoms with Crippen LogP contribution >= 0.6 is 0 Å². The fraction of sp³-hybridized carbons (Fsp3) is 0.545. The predicted molar refractivity (Wildman–Crippen MR) is 221 cm³/mol. The van der Waals surface area contributed by atoms with Crippen LogP contribution in [0.5, 0.6) is 5.75 Å². The van der Waals surface area contributed by atoms with Crippen molar-refractivity contribution in [3.63, 3.8) is 0 Å². The number of aromatic hydroxyl groups is 1. The van der Waals surface area contributed by atoms with Crippen molar-refractivity contribution in [3.05, 3.63) is 93.5 Å². The van der Waals surface area contributed by atoms with Crippen molar-refractivity contribution in [2.45, 2.75) is 83.2 Å². The zero-order valence-corrected chi connectivity index (χ0v) is 33.9. The van der Waals surface area contributed by atoms with E-state index in [1.165, 1.54) is 36.1 Å². The number of aromatic nitrogens is 3. The monoisotopic (exact) mass is 797 g/mol. The third-order valence-corrected chi connectivity index (χ3v) is 11.8. The molecule has 58 heavy (non-hydrogen) atoms.